The van der Waals surface area contributed by atoms with Crippen molar-refractivity contribution in [1.82, 2.24) is 5.32 Å². The van der Waals surface area contributed by atoms with E-state index in [0.717, 1.165) is 18.5 Å². The average molecular weight is 286 g/mol. The van der Waals surface area contributed by atoms with Crippen LogP contribution in [0.1, 0.15) is 30.5 Å². The summed E-state index contributed by atoms with van der Waals surface area (Å²) in [6, 6.07) is 15.5. The van der Waals surface area contributed by atoms with Gasteiger partial charge in [0, 0.05) is 32.4 Å². The van der Waals surface area contributed by atoms with Crippen molar-refractivity contribution in [3.8, 4) is 0 Å². The fraction of sp³-hybridized carbons (Fsp3) is 0.333. The molecule has 112 valence electrons. The van der Waals surface area contributed by atoms with Crippen LogP contribution in [0.4, 0.5) is 10.1 Å². The fourth-order valence-corrected chi connectivity index (χ4v) is 2.35. The second-order valence-electron chi connectivity index (χ2n) is 5.45. The topological polar surface area (TPSA) is 15.3 Å². The van der Waals surface area contributed by atoms with Crippen LogP contribution in [-0.2, 0) is 6.54 Å². The van der Waals surface area contributed by atoms with Crippen molar-refractivity contribution in [3.63, 3.8) is 0 Å². The van der Waals surface area contributed by atoms with Crippen molar-refractivity contribution in [3.05, 3.63) is 65.5 Å². The zero-order valence-electron chi connectivity index (χ0n) is 12.9. The maximum atomic E-state index is 13.0. The van der Waals surface area contributed by atoms with Crippen LogP contribution in [0.5, 0.6) is 0 Å². The number of hydrogen-bond acceptors (Lipinski definition) is 2. The summed E-state index contributed by atoms with van der Waals surface area (Å²) in [5.74, 6) is -0.187. The van der Waals surface area contributed by atoms with Gasteiger partial charge in [0.1, 0.15) is 5.82 Å². The minimum Gasteiger partial charge on any atom is -0.378 e. The molecule has 1 N–H and O–H groups in total. The molecule has 2 aromatic rings. The van der Waals surface area contributed by atoms with E-state index in [1.165, 1.54) is 23.4 Å². The molecule has 0 saturated heterocycles. The Labute approximate surface area is 126 Å². The van der Waals surface area contributed by atoms with Crippen LogP contribution in [0.2, 0.25) is 0 Å². The Morgan fingerprint density at radius 2 is 1.62 bits per heavy atom. The van der Waals surface area contributed by atoms with Crippen LogP contribution in [-0.4, -0.2) is 14.1 Å². The highest BCUT2D eigenvalue weighted by Gasteiger charge is 2.08. The van der Waals surface area contributed by atoms with Crippen molar-refractivity contribution >= 4 is 5.69 Å². The van der Waals surface area contributed by atoms with Crippen LogP contribution in [0.25, 0.3) is 0 Å². The lowest BCUT2D eigenvalue weighted by Crippen LogP contribution is -2.20. The lowest BCUT2D eigenvalue weighted by Gasteiger charge is -2.18. The van der Waals surface area contributed by atoms with Gasteiger partial charge in [-0.3, -0.25) is 0 Å². The molecular formula is C18H23FN2. The first kappa shape index (κ1) is 15.5. The van der Waals surface area contributed by atoms with Gasteiger partial charge in [0.2, 0.25) is 0 Å². The molecule has 21 heavy (non-hydrogen) atoms. The van der Waals surface area contributed by atoms with Gasteiger partial charge in [-0.25, -0.2) is 4.39 Å². The Hall–Kier alpha value is -1.87. The molecule has 0 aliphatic carbocycles. The molecule has 0 fully saturated rings. The maximum Gasteiger partial charge on any atom is 0.123 e. The van der Waals surface area contributed by atoms with Crippen molar-refractivity contribution in [2.75, 3.05) is 19.0 Å². The fourth-order valence-electron chi connectivity index (χ4n) is 2.35. The zero-order chi connectivity index (χ0) is 15.2. The molecule has 0 radical (unpaired) electrons. The van der Waals surface area contributed by atoms with Crippen LogP contribution >= 0.6 is 0 Å². The Balaban J connectivity index is 1.98. The van der Waals surface area contributed by atoms with Gasteiger partial charge < -0.3 is 10.2 Å². The normalized spacial score (nSPS) is 12.2. The first-order valence-electron chi connectivity index (χ1n) is 7.35. The summed E-state index contributed by atoms with van der Waals surface area (Å²) in [7, 11) is 4.07. The van der Waals surface area contributed by atoms with Crippen LogP contribution < -0.4 is 10.2 Å². The molecule has 1 unspecified atom stereocenters. The van der Waals surface area contributed by atoms with Crippen LogP contribution in [0.15, 0.2) is 48.5 Å². The van der Waals surface area contributed by atoms with Crippen LogP contribution in [0, 0.1) is 5.82 Å². The first-order valence-corrected chi connectivity index (χ1v) is 7.35. The Morgan fingerprint density at radius 3 is 2.14 bits per heavy atom. The van der Waals surface area contributed by atoms with E-state index in [-0.39, 0.29) is 11.9 Å². The highest BCUT2D eigenvalue weighted by atomic mass is 19.1. The predicted octanol–water partition coefficient (Wildman–Crippen LogP) is 4.13. The number of rotatable bonds is 6. The summed E-state index contributed by atoms with van der Waals surface area (Å²) in [5, 5.41) is 3.53. The summed E-state index contributed by atoms with van der Waals surface area (Å²) >= 11 is 0. The third kappa shape index (κ3) is 4.30. The monoisotopic (exact) mass is 286 g/mol. The van der Waals surface area contributed by atoms with Crippen molar-refractivity contribution < 1.29 is 4.39 Å². The van der Waals surface area contributed by atoms with Crippen molar-refractivity contribution in [2.24, 2.45) is 0 Å². The second-order valence-corrected chi connectivity index (χ2v) is 5.45. The summed E-state index contributed by atoms with van der Waals surface area (Å²) in [5.41, 5.74) is 3.58. The number of halogens is 1. The molecular weight excluding hydrogens is 263 g/mol. The number of hydrogen-bond donors (Lipinski definition) is 1. The molecule has 0 aromatic heterocycles. The second kappa shape index (κ2) is 7.23. The molecule has 0 aliphatic heterocycles. The number of nitrogens with one attached hydrogen (secondary N) is 1. The molecule has 1 atom stereocenters. The molecule has 0 spiro atoms. The summed E-state index contributed by atoms with van der Waals surface area (Å²) in [6.45, 7) is 2.94. The summed E-state index contributed by atoms with van der Waals surface area (Å²) < 4.78 is 13.0. The minimum absolute atomic E-state index is 0.187. The molecule has 2 rings (SSSR count). The van der Waals surface area contributed by atoms with Gasteiger partial charge in [-0.2, -0.15) is 0 Å². The van der Waals surface area contributed by atoms with Crippen LogP contribution in [0.3, 0.4) is 0 Å². The molecule has 0 saturated carbocycles. The maximum absolute atomic E-state index is 13.0. The number of anilines is 1. The third-order valence-corrected chi connectivity index (χ3v) is 3.69. The van der Waals surface area contributed by atoms with E-state index in [0.29, 0.717) is 0 Å². The minimum atomic E-state index is -0.187. The predicted molar refractivity (Wildman–Crippen MR) is 87.0 cm³/mol. The van der Waals surface area contributed by atoms with Gasteiger partial charge in [0.25, 0.3) is 0 Å². The highest BCUT2D eigenvalue weighted by molar-refractivity contribution is 5.46. The van der Waals surface area contributed by atoms with Crippen molar-refractivity contribution in [2.45, 2.75) is 25.9 Å². The molecule has 0 amide bonds. The average Bonchev–Trinajstić information content (AvgIpc) is 2.50. The van der Waals surface area contributed by atoms with E-state index in [4.69, 9.17) is 0 Å². The van der Waals surface area contributed by atoms with E-state index in [2.05, 4.69) is 41.4 Å². The molecule has 2 nitrogen and oxygen atoms in total. The van der Waals surface area contributed by atoms with Gasteiger partial charge >= 0.3 is 0 Å². The lowest BCUT2D eigenvalue weighted by molar-refractivity contribution is 0.517. The molecule has 3 heteroatoms. The Bertz CT molecular complexity index is 546. The number of nitrogens with zero attached hydrogens (tertiary/aromatic N) is 1. The largest absolute Gasteiger partial charge is 0.378 e. The lowest BCUT2D eigenvalue weighted by atomic mass is 10.0. The smallest absolute Gasteiger partial charge is 0.123 e. The quantitative estimate of drug-likeness (QED) is 0.859. The zero-order valence-corrected chi connectivity index (χ0v) is 12.9. The SMILES string of the molecule is CCC(NCc1ccc(N(C)C)cc1)c1ccc(F)cc1. The molecule has 2 aromatic carbocycles. The highest BCUT2D eigenvalue weighted by Crippen LogP contribution is 2.18. The summed E-state index contributed by atoms with van der Waals surface area (Å²) in [4.78, 5) is 2.09. The van der Waals surface area contributed by atoms with Gasteiger partial charge in [-0.1, -0.05) is 31.2 Å². The van der Waals surface area contributed by atoms with E-state index < -0.39 is 0 Å². The van der Waals surface area contributed by atoms with Gasteiger partial charge in [0.05, 0.1) is 0 Å². The van der Waals surface area contributed by atoms with Gasteiger partial charge in [-0.15, -0.1) is 0 Å². The number of benzene rings is 2. The summed E-state index contributed by atoms with van der Waals surface area (Å²) in [6.07, 6.45) is 0.974. The van der Waals surface area contributed by atoms with E-state index in [1.54, 1.807) is 0 Å². The molecule has 0 aliphatic rings. The van der Waals surface area contributed by atoms with E-state index >= 15 is 0 Å². The third-order valence-electron chi connectivity index (χ3n) is 3.69. The first-order chi connectivity index (χ1) is 10.1. The van der Waals surface area contributed by atoms with Gasteiger partial charge in [0.15, 0.2) is 0 Å². The molecule has 0 bridgehead atoms. The van der Waals surface area contributed by atoms with Crippen molar-refractivity contribution in [1.29, 1.82) is 0 Å². The molecule has 0 heterocycles. The van der Waals surface area contributed by atoms with E-state index in [9.17, 15) is 4.39 Å². The Morgan fingerprint density at radius 1 is 1.00 bits per heavy atom. The Kier molecular flexibility index (Phi) is 5.34. The standard InChI is InChI=1S/C18H23FN2/c1-4-18(15-7-9-16(19)10-8-15)20-13-14-5-11-17(12-6-14)21(2)3/h5-12,18,20H,4,13H2,1-3H3. The van der Waals surface area contributed by atoms with Gasteiger partial charge in [-0.05, 0) is 41.8 Å². The van der Waals surface area contributed by atoms with E-state index in [1.807, 2.05) is 26.2 Å².